The number of aromatic nitrogens is 6. The van der Waals surface area contributed by atoms with Gasteiger partial charge in [0.15, 0.2) is 0 Å². The van der Waals surface area contributed by atoms with Crippen molar-refractivity contribution in [3.63, 3.8) is 0 Å². The van der Waals surface area contributed by atoms with E-state index in [-0.39, 0.29) is 11.7 Å². The van der Waals surface area contributed by atoms with Gasteiger partial charge in [0.2, 0.25) is 16.2 Å². The van der Waals surface area contributed by atoms with E-state index in [1.165, 1.54) is 59.9 Å². The molecule has 0 radical (unpaired) electrons. The van der Waals surface area contributed by atoms with Crippen LogP contribution in [0.15, 0.2) is 5.16 Å². The van der Waals surface area contributed by atoms with Gasteiger partial charge >= 0.3 is 0 Å². The van der Waals surface area contributed by atoms with Crippen LogP contribution in [-0.2, 0) is 11.8 Å². The van der Waals surface area contributed by atoms with Crippen LogP contribution in [0, 0.1) is 0 Å². The molecule has 1 saturated carbocycles. The molecule has 0 atom stereocenters. The van der Waals surface area contributed by atoms with Gasteiger partial charge in [-0.15, -0.1) is 15.3 Å². The molecule has 0 unspecified atom stereocenters. The molecule has 2 aromatic heterocycles. The maximum absolute atomic E-state index is 11.9. The van der Waals surface area contributed by atoms with Crippen LogP contribution in [0.3, 0.4) is 0 Å². The Balaban J connectivity index is 1.51. The molecule has 1 amide bonds. The van der Waals surface area contributed by atoms with E-state index in [1.54, 1.807) is 7.05 Å². The van der Waals surface area contributed by atoms with Gasteiger partial charge in [0.25, 0.3) is 0 Å². The SMILES string of the molecule is Cn1nnnc1SCC(=O)Nc1nnc(C2CCCCC2)s1. The molecule has 3 rings (SSSR count). The molecule has 0 saturated heterocycles. The van der Waals surface area contributed by atoms with Crippen LogP contribution >= 0.6 is 23.1 Å². The van der Waals surface area contributed by atoms with Crippen molar-refractivity contribution in [3.8, 4) is 0 Å². The van der Waals surface area contributed by atoms with Crippen LogP contribution in [-0.4, -0.2) is 42.1 Å². The van der Waals surface area contributed by atoms with Gasteiger partial charge in [-0.05, 0) is 23.3 Å². The van der Waals surface area contributed by atoms with Crippen LogP contribution in [0.4, 0.5) is 5.13 Å². The molecule has 0 aliphatic heterocycles. The first kappa shape index (κ1) is 15.3. The van der Waals surface area contributed by atoms with Crippen LogP contribution in [0.5, 0.6) is 0 Å². The third kappa shape index (κ3) is 3.80. The molecule has 8 nitrogen and oxygen atoms in total. The predicted molar refractivity (Wildman–Crippen MR) is 83.9 cm³/mol. The highest BCUT2D eigenvalue weighted by molar-refractivity contribution is 7.99. The molecular weight excluding hydrogens is 322 g/mol. The number of nitrogens with zero attached hydrogens (tertiary/aromatic N) is 6. The topological polar surface area (TPSA) is 98.5 Å². The lowest BCUT2D eigenvalue weighted by Gasteiger charge is -2.18. The Hall–Kier alpha value is -1.55. The van der Waals surface area contributed by atoms with Crippen molar-refractivity contribution in [2.24, 2.45) is 7.05 Å². The standard InChI is InChI=1S/C12H17N7OS2/c1-19-12(16-17-18-19)21-7-9(20)13-11-15-14-10(22-11)8-5-3-2-4-6-8/h8H,2-7H2,1H3,(H,13,15,20). The van der Waals surface area contributed by atoms with Crippen LogP contribution in [0.1, 0.15) is 43.0 Å². The molecule has 0 aromatic carbocycles. The highest BCUT2D eigenvalue weighted by atomic mass is 32.2. The summed E-state index contributed by atoms with van der Waals surface area (Å²) in [7, 11) is 1.74. The minimum atomic E-state index is -0.126. The van der Waals surface area contributed by atoms with Crippen molar-refractivity contribution in [2.75, 3.05) is 11.1 Å². The molecule has 2 heterocycles. The third-order valence-electron chi connectivity index (χ3n) is 3.56. The lowest BCUT2D eigenvalue weighted by molar-refractivity contribution is -0.113. The van der Waals surface area contributed by atoms with Gasteiger partial charge in [-0.3, -0.25) is 10.1 Å². The van der Waals surface area contributed by atoms with E-state index in [1.807, 2.05) is 0 Å². The second-order valence-electron chi connectivity index (χ2n) is 5.20. The first-order chi connectivity index (χ1) is 10.7. The summed E-state index contributed by atoms with van der Waals surface area (Å²) in [5.74, 6) is 0.627. The summed E-state index contributed by atoms with van der Waals surface area (Å²) in [5, 5.41) is 24.4. The molecular formula is C12H17N7OS2. The van der Waals surface area contributed by atoms with Crippen LogP contribution < -0.4 is 5.32 Å². The Morgan fingerprint density at radius 1 is 1.32 bits per heavy atom. The molecule has 10 heteroatoms. The highest BCUT2D eigenvalue weighted by Gasteiger charge is 2.20. The minimum absolute atomic E-state index is 0.126. The second kappa shape index (κ2) is 7.14. The molecule has 1 N–H and O–H groups in total. The van der Waals surface area contributed by atoms with Crippen molar-refractivity contribution in [2.45, 2.75) is 43.2 Å². The lowest BCUT2D eigenvalue weighted by atomic mass is 9.90. The van der Waals surface area contributed by atoms with Gasteiger partial charge in [0.1, 0.15) is 5.01 Å². The summed E-state index contributed by atoms with van der Waals surface area (Å²) < 4.78 is 1.53. The number of nitrogens with one attached hydrogen (secondary N) is 1. The zero-order chi connectivity index (χ0) is 15.4. The largest absolute Gasteiger partial charge is 0.300 e. The molecule has 1 aliphatic carbocycles. The molecule has 1 fully saturated rings. The number of hydrogen-bond donors (Lipinski definition) is 1. The average molecular weight is 339 g/mol. The van der Waals surface area contributed by atoms with Gasteiger partial charge < -0.3 is 0 Å². The smallest absolute Gasteiger partial charge is 0.236 e. The number of hydrogen-bond acceptors (Lipinski definition) is 8. The first-order valence-electron chi connectivity index (χ1n) is 7.21. The Morgan fingerprint density at radius 3 is 2.86 bits per heavy atom. The van der Waals surface area contributed by atoms with Crippen molar-refractivity contribution in [1.82, 2.24) is 30.4 Å². The third-order valence-corrected chi connectivity index (χ3v) is 5.57. The fourth-order valence-corrected chi connectivity index (χ4v) is 4.01. The van der Waals surface area contributed by atoms with E-state index in [9.17, 15) is 4.79 Å². The van der Waals surface area contributed by atoms with Crippen molar-refractivity contribution in [1.29, 1.82) is 0 Å². The number of carbonyl (C=O) groups is 1. The molecule has 22 heavy (non-hydrogen) atoms. The predicted octanol–water partition coefficient (Wildman–Crippen LogP) is 1.84. The zero-order valence-electron chi connectivity index (χ0n) is 12.2. The van der Waals surface area contributed by atoms with Gasteiger partial charge in [0.05, 0.1) is 5.75 Å². The van der Waals surface area contributed by atoms with Crippen LogP contribution in [0.25, 0.3) is 0 Å². The van der Waals surface area contributed by atoms with Crippen LogP contribution in [0.2, 0.25) is 0 Å². The Kier molecular flexibility index (Phi) is 4.98. The van der Waals surface area contributed by atoms with E-state index in [4.69, 9.17) is 0 Å². The fourth-order valence-electron chi connectivity index (χ4n) is 2.43. The summed E-state index contributed by atoms with van der Waals surface area (Å²) in [4.78, 5) is 11.9. The van der Waals surface area contributed by atoms with Crippen molar-refractivity contribution < 1.29 is 4.79 Å². The summed E-state index contributed by atoms with van der Waals surface area (Å²) in [6, 6.07) is 0. The average Bonchev–Trinajstić information content (AvgIpc) is 3.15. The minimum Gasteiger partial charge on any atom is -0.300 e. The Morgan fingerprint density at radius 2 is 2.14 bits per heavy atom. The maximum atomic E-state index is 11.9. The zero-order valence-corrected chi connectivity index (χ0v) is 13.9. The van der Waals surface area contributed by atoms with E-state index in [2.05, 4.69) is 31.0 Å². The van der Waals surface area contributed by atoms with Gasteiger partial charge in [-0.25, -0.2) is 4.68 Å². The summed E-state index contributed by atoms with van der Waals surface area (Å²) in [6.45, 7) is 0. The summed E-state index contributed by atoms with van der Waals surface area (Å²) >= 11 is 2.77. The molecule has 1 aliphatic rings. The summed E-state index contributed by atoms with van der Waals surface area (Å²) in [5.41, 5.74) is 0. The highest BCUT2D eigenvalue weighted by Crippen LogP contribution is 2.35. The number of aryl methyl sites for hydroxylation is 1. The maximum Gasteiger partial charge on any atom is 0.236 e. The molecule has 118 valence electrons. The van der Waals surface area contributed by atoms with E-state index in [0.29, 0.717) is 16.2 Å². The first-order valence-corrected chi connectivity index (χ1v) is 9.01. The number of tetrazole rings is 1. The quantitative estimate of drug-likeness (QED) is 0.830. The number of anilines is 1. The fraction of sp³-hybridized carbons (Fsp3) is 0.667. The molecule has 0 spiro atoms. The van der Waals surface area contributed by atoms with E-state index >= 15 is 0 Å². The van der Waals surface area contributed by atoms with E-state index < -0.39 is 0 Å². The number of thioether (sulfide) groups is 1. The van der Waals surface area contributed by atoms with Gasteiger partial charge in [-0.1, -0.05) is 42.4 Å². The van der Waals surface area contributed by atoms with Gasteiger partial charge in [0, 0.05) is 13.0 Å². The lowest BCUT2D eigenvalue weighted by Crippen LogP contribution is -2.14. The second-order valence-corrected chi connectivity index (χ2v) is 7.15. The van der Waals surface area contributed by atoms with Gasteiger partial charge in [-0.2, -0.15) is 0 Å². The number of carbonyl (C=O) groups excluding carboxylic acids is 1. The number of rotatable bonds is 5. The van der Waals surface area contributed by atoms with E-state index in [0.717, 1.165) is 5.01 Å². The Bertz CT molecular complexity index is 635. The Labute approximate surface area is 136 Å². The normalized spacial score (nSPS) is 15.9. The molecule has 0 bridgehead atoms. The van der Waals surface area contributed by atoms with Crippen molar-refractivity contribution >= 4 is 34.1 Å². The summed E-state index contributed by atoms with van der Waals surface area (Å²) in [6.07, 6.45) is 6.19. The molecule has 2 aromatic rings. The monoisotopic (exact) mass is 339 g/mol. The number of amides is 1. The van der Waals surface area contributed by atoms with Crippen molar-refractivity contribution in [3.05, 3.63) is 5.01 Å².